The summed E-state index contributed by atoms with van der Waals surface area (Å²) in [4.78, 5) is 40.5. The van der Waals surface area contributed by atoms with E-state index in [4.69, 9.17) is 0 Å². The first-order valence-corrected chi connectivity index (χ1v) is 9.90. The number of hydrogen-bond acceptors (Lipinski definition) is 3. The Hall–Kier alpha value is -2.42. The average Bonchev–Trinajstić information content (AvgIpc) is 3.04. The fraction of sp³-hybridized carbons (Fsp3) is 0.286. The molecular weight excluding hydrogens is 471 g/mol. The number of Topliss-reactive ketones (excluding diaryl/α,β-unsaturated/α-hetero) is 1. The average molecular weight is 492 g/mol. The molecule has 0 atom stereocenters. The molecule has 1 N–H and O–H groups in total. The second-order valence-electron chi connectivity index (χ2n) is 7.71. The molecule has 0 spiro atoms. The van der Waals surface area contributed by atoms with Crippen LogP contribution in [0.25, 0.3) is 0 Å². The number of nitrogens with zero attached hydrogens (tertiary/aromatic N) is 2. The van der Waals surface area contributed by atoms with Crippen molar-refractivity contribution in [3.63, 3.8) is 0 Å². The first-order chi connectivity index (χ1) is 13.1. The third kappa shape index (κ3) is 3.89. The van der Waals surface area contributed by atoms with Gasteiger partial charge in [0.1, 0.15) is 0 Å². The Morgan fingerprint density at radius 2 is 1.61 bits per heavy atom. The molecule has 0 fully saturated rings. The van der Waals surface area contributed by atoms with Gasteiger partial charge in [-0.05, 0) is 72.7 Å². The lowest BCUT2D eigenvalue weighted by Crippen LogP contribution is -2.46. The molecule has 2 aromatic carbocycles. The van der Waals surface area contributed by atoms with Gasteiger partial charge in [-0.1, -0.05) is 24.3 Å². The summed E-state index contributed by atoms with van der Waals surface area (Å²) < 4.78 is 0.751. The molecule has 146 valence electrons. The first-order valence-electron chi connectivity index (χ1n) is 8.82. The number of carbonyl (C=O) groups excluding carboxylic acids is 2. The van der Waals surface area contributed by atoms with Crippen LogP contribution in [-0.2, 0) is 17.9 Å². The molecule has 0 bridgehead atoms. The molecule has 3 rings (SSSR count). The Labute approximate surface area is 177 Å². The van der Waals surface area contributed by atoms with Gasteiger partial charge >= 0.3 is 6.09 Å². The van der Waals surface area contributed by atoms with Crippen molar-refractivity contribution in [2.24, 2.45) is 0 Å². The number of carboxylic acid groups (broad SMARTS) is 1. The van der Waals surface area contributed by atoms with Gasteiger partial charge in [-0.25, -0.2) is 4.79 Å². The molecule has 0 aromatic heterocycles. The van der Waals surface area contributed by atoms with Crippen molar-refractivity contribution in [1.82, 2.24) is 4.90 Å². The summed E-state index contributed by atoms with van der Waals surface area (Å²) in [5, 5.41) is 9.72. The number of ketones is 1. The Balaban J connectivity index is 1.97. The van der Waals surface area contributed by atoms with Crippen LogP contribution in [-0.4, -0.2) is 33.3 Å². The molecule has 0 saturated heterocycles. The van der Waals surface area contributed by atoms with E-state index in [2.05, 4.69) is 0 Å². The van der Waals surface area contributed by atoms with Gasteiger partial charge in [0.05, 0.1) is 11.3 Å². The zero-order valence-corrected chi connectivity index (χ0v) is 18.1. The fourth-order valence-electron chi connectivity index (χ4n) is 3.37. The van der Waals surface area contributed by atoms with Gasteiger partial charge in [0, 0.05) is 22.2 Å². The van der Waals surface area contributed by atoms with E-state index < -0.39 is 23.3 Å². The molecule has 2 aromatic rings. The molecule has 2 amide bonds. The van der Waals surface area contributed by atoms with Crippen molar-refractivity contribution in [3.8, 4) is 0 Å². The van der Waals surface area contributed by atoms with Crippen LogP contribution in [0.4, 0.5) is 10.5 Å². The Morgan fingerprint density at radius 1 is 1.04 bits per heavy atom. The third-order valence-electron chi connectivity index (χ3n) is 4.63. The zero-order chi connectivity index (χ0) is 20.6. The second kappa shape index (κ2) is 7.54. The number of rotatable bonds is 3. The minimum atomic E-state index is -1.18. The summed E-state index contributed by atoms with van der Waals surface area (Å²) in [6.07, 6.45) is -1.18. The van der Waals surface area contributed by atoms with Crippen LogP contribution in [0.1, 0.15) is 42.3 Å². The maximum Gasteiger partial charge on any atom is 0.412 e. The molecule has 6 nitrogen and oxygen atoms in total. The highest BCUT2D eigenvalue weighted by atomic mass is 127. The SMILES string of the molecule is CC(C)(C)N(C(=O)O)c1ccc(I)cc1C(=O)C(=O)N1Cc2ccccc2C1. The van der Waals surface area contributed by atoms with Crippen molar-refractivity contribution < 1.29 is 19.5 Å². The lowest BCUT2D eigenvalue weighted by Gasteiger charge is -2.34. The Kier molecular flexibility index (Phi) is 5.47. The van der Waals surface area contributed by atoms with Crippen LogP contribution in [0.2, 0.25) is 0 Å². The molecule has 1 aliphatic rings. The molecule has 7 heteroatoms. The predicted molar refractivity (Wildman–Crippen MR) is 114 cm³/mol. The lowest BCUT2D eigenvalue weighted by atomic mass is 10.0. The van der Waals surface area contributed by atoms with E-state index >= 15 is 0 Å². The van der Waals surface area contributed by atoms with Crippen molar-refractivity contribution in [2.45, 2.75) is 39.4 Å². The van der Waals surface area contributed by atoms with Gasteiger partial charge < -0.3 is 10.0 Å². The van der Waals surface area contributed by atoms with Crippen LogP contribution in [0.15, 0.2) is 42.5 Å². The van der Waals surface area contributed by atoms with Gasteiger partial charge in [-0.15, -0.1) is 0 Å². The van der Waals surface area contributed by atoms with Crippen molar-refractivity contribution in [2.75, 3.05) is 4.90 Å². The van der Waals surface area contributed by atoms with E-state index in [0.717, 1.165) is 19.6 Å². The summed E-state index contributed by atoms with van der Waals surface area (Å²) in [5.41, 5.74) is 1.59. The fourth-order valence-corrected chi connectivity index (χ4v) is 3.86. The number of carbonyl (C=O) groups is 3. The van der Waals surface area contributed by atoms with Crippen LogP contribution in [0.5, 0.6) is 0 Å². The molecule has 1 aliphatic heterocycles. The largest absolute Gasteiger partial charge is 0.465 e. The quantitative estimate of drug-likeness (QED) is 0.394. The normalized spacial score (nSPS) is 13.2. The molecule has 28 heavy (non-hydrogen) atoms. The maximum absolute atomic E-state index is 13.1. The summed E-state index contributed by atoms with van der Waals surface area (Å²) in [5.74, 6) is -1.32. The minimum absolute atomic E-state index is 0.102. The standard InChI is InChI=1S/C21H21IN2O4/c1-21(2,3)24(20(27)28)17-9-8-15(22)10-16(17)18(25)19(26)23-11-13-6-4-5-7-14(13)12-23/h4-10H,11-12H2,1-3H3,(H,27,28). The molecule has 1 heterocycles. The molecular formula is C21H21IN2O4. The number of hydrogen-bond donors (Lipinski definition) is 1. The second-order valence-corrected chi connectivity index (χ2v) is 8.95. The van der Waals surface area contributed by atoms with Crippen LogP contribution >= 0.6 is 22.6 Å². The van der Waals surface area contributed by atoms with Crippen LogP contribution in [0, 0.1) is 3.57 Å². The van der Waals surface area contributed by atoms with E-state index in [1.807, 2.05) is 46.9 Å². The van der Waals surface area contributed by atoms with Gasteiger partial charge in [0.15, 0.2) is 0 Å². The smallest absolute Gasteiger partial charge is 0.412 e. The summed E-state index contributed by atoms with van der Waals surface area (Å²) in [6, 6.07) is 12.6. The van der Waals surface area contributed by atoms with Crippen molar-refractivity contribution >= 4 is 46.1 Å². The van der Waals surface area contributed by atoms with Gasteiger partial charge in [-0.2, -0.15) is 0 Å². The number of amides is 2. The van der Waals surface area contributed by atoms with Crippen LogP contribution in [0.3, 0.4) is 0 Å². The number of anilines is 1. The first kappa shape index (κ1) is 20.3. The van der Waals surface area contributed by atoms with E-state index in [-0.39, 0.29) is 11.3 Å². The third-order valence-corrected chi connectivity index (χ3v) is 5.30. The summed E-state index contributed by atoms with van der Waals surface area (Å²) >= 11 is 2.05. The van der Waals surface area contributed by atoms with Gasteiger partial charge in [-0.3, -0.25) is 14.5 Å². The van der Waals surface area contributed by atoms with Gasteiger partial charge in [0.2, 0.25) is 0 Å². The van der Waals surface area contributed by atoms with Crippen molar-refractivity contribution in [3.05, 3.63) is 62.7 Å². The number of halogens is 1. The number of benzene rings is 2. The Morgan fingerprint density at radius 3 is 2.11 bits per heavy atom. The topological polar surface area (TPSA) is 77.9 Å². The van der Waals surface area contributed by atoms with E-state index in [1.165, 1.54) is 4.90 Å². The monoisotopic (exact) mass is 492 g/mol. The van der Waals surface area contributed by atoms with E-state index in [0.29, 0.717) is 13.1 Å². The Bertz CT molecular complexity index is 940. The van der Waals surface area contributed by atoms with Crippen molar-refractivity contribution in [1.29, 1.82) is 0 Å². The molecule has 0 unspecified atom stereocenters. The lowest BCUT2D eigenvalue weighted by molar-refractivity contribution is -0.127. The zero-order valence-electron chi connectivity index (χ0n) is 15.9. The molecule has 0 radical (unpaired) electrons. The molecule has 0 saturated carbocycles. The van der Waals surface area contributed by atoms with E-state index in [1.54, 1.807) is 39.0 Å². The predicted octanol–water partition coefficient (Wildman–Crippen LogP) is 4.30. The maximum atomic E-state index is 13.1. The summed E-state index contributed by atoms with van der Waals surface area (Å²) in [6.45, 7) is 5.98. The summed E-state index contributed by atoms with van der Waals surface area (Å²) in [7, 11) is 0. The van der Waals surface area contributed by atoms with Gasteiger partial charge in [0.25, 0.3) is 11.7 Å². The number of fused-ring (bicyclic) bond motifs is 1. The van der Waals surface area contributed by atoms with Crippen LogP contribution < -0.4 is 4.90 Å². The van der Waals surface area contributed by atoms with E-state index in [9.17, 15) is 19.5 Å². The molecule has 0 aliphatic carbocycles. The highest BCUT2D eigenvalue weighted by Crippen LogP contribution is 2.31. The highest BCUT2D eigenvalue weighted by molar-refractivity contribution is 14.1. The highest BCUT2D eigenvalue weighted by Gasteiger charge is 2.35. The minimum Gasteiger partial charge on any atom is -0.465 e.